The minimum Gasteiger partial charge on any atom is -0.491 e. The van der Waals surface area contributed by atoms with Gasteiger partial charge in [-0.15, -0.1) is 0 Å². The van der Waals surface area contributed by atoms with Crippen LogP contribution in [0.3, 0.4) is 0 Å². The van der Waals surface area contributed by atoms with Gasteiger partial charge < -0.3 is 9.72 Å². The predicted octanol–water partition coefficient (Wildman–Crippen LogP) is 4.18. The van der Waals surface area contributed by atoms with Crippen LogP contribution in [-0.4, -0.2) is 16.9 Å². The molecule has 0 radical (unpaired) electrons. The van der Waals surface area contributed by atoms with E-state index in [4.69, 9.17) is 4.74 Å². The predicted molar refractivity (Wildman–Crippen MR) is 80.3 cm³/mol. The third kappa shape index (κ3) is 2.21. The van der Waals surface area contributed by atoms with E-state index < -0.39 is 0 Å². The van der Waals surface area contributed by atoms with E-state index in [1.807, 2.05) is 38.2 Å². The van der Waals surface area contributed by atoms with Crippen LogP contribution < -0.4 is 4.74 Å². The maximum atomic E-state index is 12.6. The van der Waals surface area contributed by atoms with Gasteiger partial charge in [0.05, 0.1) is 6.10 Å². The highest BCUT2D eigenvalue weighted by molar-refractivity contribution is 6.10. The summed E-state index contributed by atoms with van der Waals surface area (Å²) in [5.41, 5.74) is 1.94. The summed E-state index contributed by atoms with van der Waals surface area (Å²) >= 11 is 0. The van der Waals surface area contributed by atoms with Crippen LogP contribution >= 0.6 is 0 Å². The van der Waals surface area contributed by atoms with E-state index in [1.54, 1.807) is 0 Å². The van der Waals surface area contributed by atoms with Gasteiger partial charge in [0.25, 0.3) is 0 Å². The molecular formula is C17H21NO2. The van der Waals surface area contributed by atoms with Crippen LogP contribution in [-0.2, 0) is 0 Å². The summed E-state index contributed by atoms with van der Waals surface area (Å²) in [7, 11) is 0. The van der Waals surface area contributed by atoms with Crippen molar-refractivity contribution in [1.82, 2.24) is 4.98 Å². The number of hydrogen-bond acceptors (Lipinski definition) is 2. The van der Waals surface area contributed by atoms with Crippen molar-refractivity contribution < 1.29 is 9.53 Å². The van der Waals surface area contributed by atoms with E-state index in [0.717, 1.165) is 28.6 Å². The van der Waals surface area contributed by atoms with Gasteiger partial charge in [0.15, 0.2) is 5.78 Å². The fraction of sp³-hybridized carbons (Fsp3) is 0.471. The zero-order valence-electron chi connectivity index (χ0n) is 12.5. The molecule has 0 spiro atoms. The first-order valence-corrected chi connectivity index (χ1v) is 7.20. The molecule has 0 aliphatic heterocycles. The molecule has 0 amide bonds. The van der Waals surface area contributed by atoms with E-state index in [1.165, 1.54) is 0 Å². The lowest BCUT2D eigenvalue weighted by Crippen LogP contribution is -2.07. The maximum Gasteiger partial charge on any atom is 0.168 e. The number of carbonyl (C=O) groups excluding carboxylic acids is 1. The van der Waals surface area contributed by atoms with Gasteiger partial charge in [-0.05, 0) is 43.9 Å². The van der Waals surface area contributed by atoms with Crippen molar-refractivity contribution in [2.75, 3.05) is 0 Å². The molecule has 1 heterocycles. The number of aromatic amines is 1. The molecule has 20 heavy (non-hydrogen) atoms. The summed E-state index contributed by atoms with van der Waals surface area (Å²) in [6.45, 7) is 8.30. The average Bonchev–Trinajstić information content (AvgIpc) is 2.82. The number of benzene rings is 1. The molecule has 1 aromatic heterocycles. The zero-order chi connectivity index (χ0) is 14.5. The second-order valence-corrected chi connectivity index (χ2v) is 6.69. The molecule has 3 heteroatoms. The van der Waals surface area contributed by atoms with E-state index in [0.29, 0.717) is 0 Å². The van der Waals surface area contributed by atoms with E-state index in [2.05, 4.69) is 18.8 Å². The van der Waals surface area contributed by atoms with Gasteiger partial charge >= 0.3 is 0 Å². The largest absolute Gasteiger partial charge is 0.491 e. The number of nitrogens with one attached hydrogen (secondary N) is 1. The highest BCUT2D eigenvalue weighted by Gasteiger charge is 2.50. The first-order valence-electron chi connectivity index (χ1n) is 7.20. The van der Waals surface area contributed by atoms with Crippen molar-refractivity contribution in [2.45, 2.75) is 40.2 Å². The first kappa shape index (κ1) is 13.2. The molecule has 1 saturated carbocycles. The number of aromatic nitrogens is 1. The van der Waals surface area contributed by atoms with Crippen LogP contribution in [0.25, 0.3) is 10.9 Å². The highest BCUT2D eigenvalue weighted by atomic mass is 16.5. The Bertz CT molecular complexity index is 667. The average molecular weight is 271 g/mol. The fourth-order valence-electron chi connectivity index (χ4n) is 2.75. The Morgan fingerprint density at radius 3 is 2.70 bits per heavy atom. The number of rotatable bonds is 4. The summed E-state index contributed by atoms with van der Waals surface area (Å²) in [4.78, 5) is 15.8. The molecule has 1 aliphatic carbocycles. The first-order chi connectivity index (χ1) is 9.38. The lowest BCUT2D eigenvalue weighted by atomic mass is 10.0. The Labute approximate surface area is 119 Å². The molecule has 106 valence electrons. The molecule has 3 nitrogen and oxygen atoms in total. The molecule has 1 N–H and O–H groups in total. The number of hydrogen-bond donors (Lipinski definition) is 1. The van der Waals surface area contributed by atoms with Crippen molar-refractivity contribution in [2.24, 2.45) is 11.3 Å². The topological polar surface area (TPSA) is 42.1 Å². The van der Waals surface area contributed by atoms with E-state index in [-0.39, 0.29) is 23.2 Å². The Hall–Kier alpha value is -1.77. The van der Waals surface area contributed by atoms with Crippen molar-refractivity contribution in [1.29, 1.82) is 0 Å². The van der Waals surface area contributed by atoms with Gasteiger partial charge in [-0.25, -0.2) is 0 Å². The normalized spacial score (nSPS) is 20.4. The zero-order valence-corrected chi connectivity index (χ0v) is 12.5. The minimum atomic E-state index is 0.132. The van der Waals surface area contributed by atoms with Crippen LogP contribution in [0.4, 0.5) is 0 Å². The Balaban J connectivity index is 1.97. The molecule has 1 unspecified atom stereocenters. The minimum absolute atomic E-state index is 0.132. The van der Waals surface area contributed by atoms with Gasteiger partial charge in [-0.2, -0.15) is 0 Å². The Morgan fingerprint density at radius 2 is 2.10 bits per heavy atom. The molecule has 2 aromatic rings. The van der Waals surface area contributed by atoms with E-state index in [9.17, 15) is 4.79 Å². The number of carbonyl (C=O) groups is 1. The number of fused-ring (bicyclic) bond motifs is 1. The third-order valence-electron chi connectivity index (χ3n) is 4.12. The number of ether oxygens (including phenoxy) is 1. The van der Waals surface area contributed by atoms with Gasteiger partial charge in [0.1, 0.15) is 5.75 Å². The molecule has 3 rings (SSSR count). The molecule has 1 aromatic carbocycles. The second kappa shape index (κ2) is 4.37. The van der Waals surface area contributed by atoms with Crippen molar-refractivity contribution in [3.05, 3.63) is 30.0 Å². The van der Waals surface area contributed by atoms with E-state index >= 15 is 0 Å². The third-order valence-corrected chi connectivity index (χ3v) is 4.12. The van der Waals surface area contributed by atoms with Crippen LogP contribution in [0.1, 0.15) is 44.5 Å². The number of ketones is 1. The molecule has 0 bridgehead atoms. The smallest absolute Gasteiger partial charge is 0.168 e. The Kier molecular flexibility index (Phi) is 2.89. The number of Topliss-reactive ketones (excluding diaryl/α,β-unsaturated/α-hetero) is 1. The summed E-state index contributed by atoms with van der Waals surface area (Å²) < 4.78 is 5.72. The van der Waals surface area contributed by atoms with Crippen molar-refractivity contribution in [3.63, 3.8) is 0 Å². The standard InChI is InChI=1S/C17H21NO2/c1-10(2)20-11-5-6-15-12(7-11)13(9-18-15)16(19)14-8-17(14,3)4/h5-7,9-10,14,18H,8H2,1-4H3. The summed E-state index contributed by atoms with van der Waals surface area (Å²) in [5.74, 6) is 1.23. The van der Waals surface area contributed by atoms with Gasteiger partial charge in [0, 0.05) is 28.6 Å². The SMILES string of the molecule is CC(C)Oc1ccc2[nH]cc(C(=O)C3CC3(C)C)c2c1. The van der Waals surface area contributed by atoms with Crippen LogP contribution in [0.2, 0.25) is 0 Å². The molecule has 1 fully saturated rings. The van der Waals surface area contributed by atoms with Crippen molar-refractivity contribution in [3.8, 4) is 5.75 Å². The lowest BCUT2D eigenvalue weighted by molar-refractivity contribution is 0.0955. The summed E-state index contributed by atoms with van der Waals surface area (Å²) in [6, 6.07) is 5.88. The van der Waals surface area contributed by atoms with Gasteiger partial charge in [-0.1, -0.05) is 13.8 Å². The van der Waals surface area contributed by atoms with Gasteiger partial charge in [0.2, 0.25) is 0 Å². The lowest BCUT2D eigenvalue weighted by Gasteiger charge is -2.09. The highest BCUT2D eigenvalue weighted by Crippen LogP contribution is 2.53. The number of H-pyrrole nitrogens is 1. The van der Waals surface area contributed by atoms with Gasteiger partial charge in [-0.3, -0.25) is 4.79 Å². The maximum absolute atomic E-state index is 12.6. The monoisotopic (exact) mass is 271 g/mol. The Morgan fingerprint density at radius 1 is 1.40 bits per heavy atom. The van der Waals surface area contributed by atoms with Crippen LogP contribution in [0.5, 0.6) is 5.75 Å². The second-order valence-electron chi connectivity index (χ2n) is 6.69. The fourth-order valence-corrected chi connectivity index (χ4v) is 2.75. The molecule has 1 atom stereocenters. The summed E-state index contributed by atoms with van der Waals surface area (Å²) in [6.07, 6.45) is 2.95. The quantitative estimate of drug-likeness (QED) is 0.847. The van der Waals surface area contributed by atoms with Crippen molar-refractivity contribution >= 4 is 16.7 Å². The van der Waals surface area contributed by atoms with Crippen LogP contribution in [0.15, 0.2) is 24.4 Å². The molecular weight excluding hydrogens is 250 g/mol. The molecule has 1 aliphatic rings. The van der Waals surface area contributed by atoms with Crippen LogP contribution in [0, 0.1) is 11.3 Å². The summed E-state index contributed by atoms with van der Waals surface area (Å²) in [5, 5.41) is 0.968. The molecule has 0 saturated heterocycles.